The van der Waals surface area contributed by atoms with E-state index in [0.717, 1.165) is 36.3 Å². The molecule has 6 unspecified atom stereocenters. The predicted octanol–water partition coefficient (Wildman–Crippen LogP) is 11.7. The summed E-state index contributed by atoms with van der Waals surface area (Å²) in [6, 6.07) is 10.9. The van der Waals surface area contributed by atoms with Gasteiger partial charge in [0.1, 0.15) is 0 Å². The van der Waals surface area contributed by atoms with E-state index in [0.29, 0.717) is 22.3 Å². The first-order valence-corrected chi connectivity index (χ1v) is 17.2. The molecule has 1 aromatic carbocycles. The molecule has 0 saturated heterocycles. The van der Waals surface area contributed by atoms with Crippen LogP contribution in [-0.2, 0) is 0 Å². The third-order valence-corrected chi connectivity index (χ3v) is 9.80. The maximum atomic E-state index is 4.93. The quantitative estimate of drug-likeness (QED) is 0.0644. The van der Waals surface area contributed by atoms with E-state index in [1.807, 2.05) is 0 Å². The van der Waals surface area contributed by atoms with E-state index in [9.17, 15) is 0 Å². The Morgan fingerprint density at radius 2 is 1.34 bits per heavy atom. The zero-order chi connectivity index (χ0) is 28.2. The Morgan fingerprint density at radius 1 is 0.737 bits per heavy atom. The minimum absolute atomic E-state index is 0.509. The van der Waals surface area contributed by atoms with Crippen molar-refractivity contribution in [2.75, 3.05) is 5.75 Å². The fourth-order valence-electron chi connectivity index (χ4n) is 5.35. The van der Waals surface area contributed by atoms with Crippen LogP contribution >= 0.6 is 37.9 Å². The maximum Gasteiger partial charge on any atom is 0.00197 e. The highest BCUT2D eigenvalue weighted by Gasteiger charge is 2.19. The van der Waals surface area contributed by atoms with Gasteiger partial charge in [-0.2, -0.15) is 37.9 Å². The van der Waals surface area contributed by atoms with Crippen molar-refractivity contribution < 1.29 is 0 Å². The van der Waals surface area contributed by atoms with E-state index in [2.05, 4.69) is 95.5 Å². The lowest BCUT2D eigenvalue weighted by Crippen LogP contribution is -2.16. The Hall–Kier alpha value is -0.250. The van der Waals surface area contributed by atoms with Crippen LogP contribution in [0.25, 0.3) is 0 Å². The Kier molecular flexibility index (Phi) is 21.1. The summed E-state index contributed by atoms with van der Waals surface area (Å²) in [6.07, 6.45) is 22.9. The molecule has 0 fully saturated rings. The van der Waals surface area contributed by atoms with Gasteiger partial charge in [0.25, 0.3) is 0 Å². The lowest BCUT2D eigenvalue weighted by molar-refractivity contribution is 0.278. The first-order valence-electron chi connectivity index (χ1n) is 15.6. The molecule has 0 spiro atoms. The molecule has 38 heavy (non-hydrogen) atoms. The van der Waals surface area contributed by atoms with Gasteiger partial charge < -0.3 is 0 Å². The van der Waals surface area contributed by atoms with E-state index in [1.54, 1.807) is 0 Å². The smallest absolute Gasteiger partial charge is 0.00197 e. The van der Waals surface area contributed by atoms with Crippen LogP contribution in [-0.4, -0.2) is 16.3 Å². The van der Waals surface area contributed by atoms with Gasteiger partial charge in [0.05, 0.1) is 0 Å². The molecule has 0 nitrogen and oxygen atoms in total. The van der Waals surface area contributed by atoms with Crippen LogP contribution in [0.2, 0.25) is 0 Å². The molecular weight excluding hydrogens is 517 g/mol. The molecule has 218 valence electrons. The average Bonchev–Trinajstić information content (AvgIpc) is 2.91. The molecule has 3 heteroatoms. The predicted molar refractivity (Wildman–Crippen MR) is 185 cm³/mol. The highest BCUT2D eigenvalue weighted by Crippen LogP contribution is 2.30. The van der Waals surface area contributed by atoms with Gasteiger partial charge >= 0.3 is 0 Å². The number of unbranched alkanes of at least 4 members (excludes halogenated alkanes) is 1. The molecule has 0 aliphatic carbocycles. The van der Waals surface area contributed by atoms with E-state index >= 15 is 0 Å². The van der Waals surface area contributed by atoms with Gasteiger partial charge in [0, 0.05) is 10.5 Å². The van der Waals surface area contributed by atoms with Crippen molar-refractivity contribution in [2.45, 2.75) is 128 Å². The van der Waals surface area contributed by atoms with Crippen LogP contribution in [0.15, 0.2) is 55.1 Å². The first kappa shape index (κ1) is 35.8. The summed E-state index contributed by atoms with van der Waals surface area (Å²) < 4.78 is 0. The van der Waals surface area contributed by atoms with Gasteiger partial charge in [-0.1, -0.05) is 89.1 Å². The minimum Gasteiger partial charge on any atom is -0.179 e. The molecule has 0 aliphatic rings. The lowest BCUT2D eigenvalue weighted by atomic mass is 9.81. The van der Waals surface area contributed by atoms with Crippen molar-refractivity contribution in [3.05, 3.63) is 60.7 Å². The van der Waals surface area contributed by atoms with Gasteiger partial charge in [0.15, 0.2) is 0 Å². The number of hydrogen-bond acceptors (Lipinski definition) is 3. The highest BCUT2D eigenvalue weighted by molar-refractivity contribution is 7.81. The number of thiol groups is 3. The van der Waals surface area contributed by atoms with E-state index in [1.165, 1.54) is 76.2 Å². The maximum absolute atomic E-state index is 4.93. The fourth-order valence-corrected chi connectivity index (χ4v) is 6.37. The van der Waals surface area contributed by atoms with Gasteiger partial charge in [-0.15, -0.1) is 6.58 Å². The second kappa shape index (κ2) is 22.4. The number of benzene rings is 1. The third kappa shape index (κ3) is 17.4. The minimum atomic E-state index is 0.509. The second-order valence-corrected chi connectivity index (χ2v) is 14.1. The third-order valence-electron chi connectivity index (χ3n) is 8.51. The summed E-state index contributed by atoms with van der Waals surface area (Å²) >= 11 is 14.3. The monoisotopic (exact) mass is 576 g/mol. The largest absolute Gasteiger partial charge is 0.179 e. The zero-order valence-electron chi connectivity index (χ0n) is 25.1. The van der Waals surface area contributed by atoms with Crippen molar-refractivity contribution in [1.82, 2.24) is 0 Å². The van der Waals surface area contributed by atoms with Crippen LogP contribution in [0.4, 0.5) is 0 Å². The molecule has 1 rings (SSSR count). The Morgan fingerprint density at radius 3 is 1.92 bits per heavy atom. The molecule has 0 heterocycles. The summed E-state index contributed by atoms with van der Waals surface area (Å²) in [7, 11) is 0. The molecule has 6 atom stereocenters. The number of allylic oxidation sites excluding steroid dienone is 3. The summed E-state index contributed by atoms with van der Waals surface area (Å²) in [5.74, 6) is 4.55. The summed E-state index contributed by atoms with van der Waals surface area (Å²) in [4.78, 5) is 0. The average molecular weight is 577 g/mol. The molecule has 0 bridgehead atoms. The molecule has 0 saturated carbocycles. The van der Waals surface area contributed by atoms with Gasteiger partial charge in [-0.05, 0) is 112 Å². The summed E-state index contributed by atoms with van der Waals surface area (Å²) in [6.45, 7) is 13.6. The molecule has 0 amide bonds. The Labute approximate surface area is 254 Å². The van der Waals surface area contributed by atoms with E-state index in [-0.39, 0.29) is 0 Å². The van der Waals surface area contributed by atoms with Crippen LogP contribution in [0.3, 0.4) is 0 Å². The standard InChI is InChI=1S/C35H60S3/c1-6-31(27-32(24-25-36)26-30(5)28(2)3)22-23-35(38)21-15-14-20-34(37)19-13-8-7-10-16-29(4)33-17-11-9-12-18-33/h6-9,11-12,17-18,28-32,34-38H,1,10,13-16,19-27H2,2-5H3/b8-7+. The molecule has 0 aromatic heterocycles. The molecule has 0 N–H and O–H groups in total. The van der Waals surface area contributed by atoms with Crippen LogP contribution < -0.4 is 0 Å². The second-order valence-electron chi connectivity index (χ2n) is 12.2. The number of rotatable bonds is 23. The molecule has 0 radical (unpaired) electrons. The van der Waals surface area contributed by atoms with Crippen molar-refractivity contribution in [3.8, 4) is 0 Å². The van der Waals surface area contributed by atoms with Crippen LogP contribution in [0.1, 0.15) is 123 Å². The van der Waals surface area contributed by atoms with Gasteiger partial charge in [-0.25, -0.2) is 0 Å². The normalized spacial score (nSPS) is 16.8. The fraction of sp³-hybridized carbons (Fsp3) is 0.714. The van der Waals surface area contributed by atoms with Crippen LogP contribution in [0, 0.1) is 23.7 Å². The zero-order valence-corrected chi connectivity index (χ0v) is 27.8. The summed E-state index contributed by atoms with van der Waals surface area (Å²) in [5.41, 5.74) is 1.45. The first-order chi connectivity index (χ1) is 18.3. The SMILES string of the molecule is C=CC(CCC(S)CCCCC(S)CC/C=C/CCC(C)c1ccccc1)CC(CCS)CC(C)C(C)C. The number of hydrogen-bond donors (Lipinski definition) is 3. The van der Waals surface area contributed by atoms with E-state index < -0.39 is 0 Å². The van der Waals surface area contributed by atoms with Crippen molar-refractivity contribution >= 4 is 37.9 Å². The topological polar surface area (TPSA) is 0 Å². The molecular formula is C35H60S3. The Balaban J connectivity index is 2.15. The molecule has 0 aliphatic heterocycles. The highest BCUT2D eigenvalue weighted by atomic mass is 32.1. The summed E-state index contributed by atoms with van der Waals surface area (Å²) in [5, 5.41) is 1.03. The van der Waals surface area contributed by atoms with Gasteiger partial charge in [0.2, 0.25) is 0 Å². The van der Waals surface area contributed by atoms with Crippen molar-refractivity contribution in [2.24, 2.45) is 23.7 Å². The van der Waals surface area contributed by atoms with Crippen molar-refractivity contribution in [3.63, 3.8) is 0 Å². The lowest BCUT2D eigenvalue weighted by Gasteiger charge is -2.26. The van der Waals surface area contributed by atoms with Crippen LogP contribution in [0.5, 0.6) is 0 Å². The molecule has 1 aromatic rings. The van der Waals surface area contributed by atoms with E-state index in [4.69, 9.17) is 25.3 Å². The Bertz CT molecular complexity index is 713. The van der Waals surface area contributed by atoms with Gasteiger partial charge in [-0.3, -0.25) is 0 Å². The van der Waals surface area contributed by atoms with Crippen molar-refractivity contribution in [1.29, 1.82) is 0 Å².